The van der Waals surface area contributed by atoms with Crippen molar-refractivity contribution >= 4 is 22.5 Å². The quantitative estimate of drug-likeness (QED) is 0.746. The minimum atomic E-state index is -0.535. The zero-order chi connectivity index (χ0) is 14.8. The third-order valence-electron chi connectivity index (χ3n) is 2.87. The van der Waals surface area contributed by atoms with E-state index in [0.717, 1.165) is 4.68 Å². The molecule has 0 aliphatic carbocycles. The molecule has 1 aromatic heterocycles. The molecule has 0 unspecified atom stereocenters. The molecule has 2 aromatic carbocycles. The zero-order valence-corrected chi connectivity index (χ0v) is 11.4. The number of fused-ring (bicyclic) bond motifs is 1. The van der Waals surface area contributed by atoms with Crippen molar-refractivity contribution in [3.8, 4) is 5.75 Å². The summed E-state index contributed by atoms with van der Waals surface area (Å²) in [7, 11) is 0. The average Bonchev–Trinajstić information content (AvgIpc) is 2.50. The molecule has 3 rings (SSSR count). The highest BCUT2D eigenvalue weighted by Crippen LogP contribution is 2.21. The first-order valence-electron chi connectivity index (χ1n) is 6.05. The lowest BCUT2D eigenvalue weighted by molar-refractivity contribution is 0.210. The standard InChI is InChI=1S/C14H9ClFN3O2/c15-11-7-9(5-6-12(11)16)21-8-19-14(20)10-3-1-2-4-13(10)17-18-19/h1-7H,8H2. The number of ether oxygens (including phenoxy) is 1. The molecular formula is C14H9ClFN3O2. The van der Waals surface area contributed by atoms with E-state index in [-0.39, 0.29) is 17.3 Å². The predicted octanol–water partition coefficient (Wildman–Crippen LogP) is 2.62. The monoisotopic (exact) mass is 305 g/mol. The van der Waals surface area contributed by atoms with E-state index in [1.807, 2.05) is 0 Å². The molecule has 0 N–H and O–H groups in total. The topological polar surface area (TPSA) is 57.0 Å². The fourth-order valence-corrected chi connectivity index (χ4v) is 1.98. The molecule has 3 aromatic rings. The van der Waals surface area contributed by atoms with Gasteiger partial charge in [0, 0.05) is 6.07 Å². The van der Waals surface area contributed by atoms with Crippen molar-refractivity contribution in [1.82, 2.24) is 15.0 Å². The summed E-state index contributed by atoms with van der Waals surface area (Å²) >= 11 is 5.65. The van der Waals surface area contributed by atoms with Gasteiger partial charge in [-0.3, -0.25) is 4.79 Å². The second kappa shape index (κ2) is 5.49. The fourth-order valence-electron chi connectivity index (χ4n) is 1.81. The van der Waals surface area contributed by atoms with E-state index in [2.05, 4.69) is 10.3 Å². The second-order valence-corrected chi connectivity index (χ2v) is 4.67. The Morgan fingerprint density at radius 3 is 2.86 bits per heavy atom. The van der Waals surface area contributed by atoms with Gasteiger partial charge >= 0.3 is 0 Å². The second-order valence-electron chi connectivity index (χ2n) is 4.26. The average molecular weight is 306 g/mol. The Morgan fingerprint density at radius 2 is 2.05 bits per heavy atom. The van der Waals surface area contributed by atoms with Crippen LogP contribution in [0, 0.1) is 5.82 Å². The highest BCUT2D eigenvalue weighted by atomic mass is 35.5. The van der Waals surface area contributed by atoms with E-state index < -0.39 is 5.82 Å². The lowest BCUT2D eigenvalue weighted by Gasteiger charge is -2.08. The van der Waals surface area contributed by atoms with Crippen LogP contribution in [-0.2, 0) is 6.73 Å². The van der Waals surface area contributed by atoms with Crippen LogP contribution in [0.2, 0.25) is 5.02 Å². The molecular weight excluding hydrogens is 297 g/mol. The van der Waals surface area contributed by atoms with Gasteiger partial charge < -0.3 is 4.74 Å². The van der Waals surface area contributed by atoms with Gasteiger partial charge in [0.2, 0.25) is 0 Å². The van der Waals surface area contributed by atoms with Gasteiger partial charge in [0.15, 0.2) is 6.73 Å². The third kappa shape index (κ3) is 2.71. The Hall–Kier alpha value is -2.47. The normalized spacial score (nSPS) is 10.8. The van der Waals surface area contributed by atoms with Gasteiger partial charge in [-0.15, -0.1) is 5.10 Å². The maximum Gasteiger partial charge on any atom is 0.280 e. The van der Waals surface area contributed by atoms with Crippen molar-refractivity contribution in [2.45, 2.75) is 6.73 Å². The Kier molecular flexibility index (Phi) is 3.53. The van der Waals surface area contributed by atoms with Crippen LogP contribution in [-0.4, -0.2) is 15.0 Å². The van der Waals surface area contributed by atoms with Crippen LogP contribution in [0.25, 0.3) is 10.9 Å². The summed E-state index contributed by atoms with van der Waals surface area (Å²) in [5, 5.41) is 8.12. The maximum atomic E-state index is 13.0. The highest BCUT2D eigenvalue weighted by Gasteiger charge is 2.06. The van der Waals surface area contributed by atoms with Crippen molar-refractivity contribution < 1.29 is 9.13 Å². The van der Waals surface area contributed by atoms with E-state index in [9.17, 15) is 9.18 Å². The molecule has 0 saturated carbocycles. The Balaban J connectivity index is 1.86. The number of nitrogens with zero attached hydrogens (tertiary/aromatic N) is 3. The summed E-state index contributed by atoms with van der Waals surface area (Å²) in [6.45, 7) is -0.140. The molecule has 106 valence electrons. The largest absolute Gasteiger partial charge is 0.471 e. The summed E-state index contributed by atoms with van der Waals surface area (Å²) < 4.78 is 19.5. The molecule has 1 heterocycles. The summed E-state index contributed by atoms with van der Waals surface area (Å²) in [5.74, 6) is -0.199. The van der Waals surface area contributed by atoms with Crippen LogP contribution >= 0.6 is 11.6 Å². The van der Waals surface area contributed by atoms with Gasteiger partial charge in [0.05, 0.1) is 10.4 Å². The van der Waals surface area contributed by atoms with Crippen LogP contribution in [0.5, 0.6) is 5.75 Å². The Labute approximate surface area is 123 Å². The van der Waals surface area contributed by atoms with Crippen LogP contribution in [0.15, 0.2) is 47.3 Å². The maximum absolute atomic E-state index is 13.0. The van der Waals surface area contributed by atoms with Crippen LogP contribution in [0.3, 0.4) is 0 Å². The van der Waals surface area contributed by atoms with E-state index in [0.29, 0.717) is 16.7 Å². The van der Waals surface area contributed by atoms with Crippen molar-refractivity contribution in [2.75, 3.05) is 0 Å². The smallest absolute Gasteiger partial charge is 0.280 e. The van der Waals surface area contributed by atoms with Gasteiger partial charge in [-0.05, 0) is 24.3 Å². The molecule has 0 atom stereocenters. The Bertz CT molecular complexity index is 866. The predicted molar refractivity (Wildman–Crippen MR) is 75.8 cm³/mol. The summed E-state index contributed by atoms with van der Waals surface area (Å²) in [6.07, 6.45) is 0. The lowest BCUT2D eigenvalue weighted by Crippen LogP contribution is -2.26. The number of halogens is 2. The van der Waals surface area contributed by atoms with Crippen LogP contribution in [0.4, 0.5) is 4.39 Å². The summed E-state index contributed by atoms with van der Waals surface area (Å²) in [4.78, 5) is 12.2. The number of aromatic nitrogens is 3. The molecule has 0 spiro atoms. The first-order chi connectivity index (χ1) is 10.1. The molecule has 5 nitrogen and oxygen atoms in total. The molecule has 0 fully saturated rings. The molecule has 0 amide bonds. The molecule has 0 aliphatic rings. The molecule has 0 radical (unpaired) electrons. The molecule has 7 heteroatoms. The number of hydrogen-bond donors (Lipinski definition) is 0. The lowest BCUT2D eigenvalue weighted by atomic mass is 10.2. The first-order valence-corrected chi connectivity index (χ1v) is 6.43. The van der Waals surface area contributed by atoms with E-state index in [1.165, 1.54) is 18.2 Å². The van der Waals surface area contributed by atoms with Crippen molar-refractivity contribution in [3.05, 3.63) is 63.7 Å². The van der Waals surface area contributed by atoms with Crippen molar-refractivity contribution in [1.29, 1.82) is 0 Å². The third-order valence-corrected chi connectivity index (χ3v) is 3.16. The number of benzene rings is 2. The van der Waals surface area contributed by atoms with Gasteiger partial charge in [0.1, 0.15) is 17.1 Å². The molecule has 0 aliphatic heterocycles. The van der Waals surface area contributed by atoms with Crippen molar-refractivity contribution in [2.24, 2.45) is 0 Å². The molecule has 0 bridgehead atoms. The van der Waals surface area contributed by atoms with E-state index >= 15 is 0 Å². The molecule has 21 heavy (non-hydrogen) atoms. The number of rotatable bonds is 3. The SMILES string of the molecule is O=c1c2ccccc2nnn1COc1ccc(F)c(Cl)c1. The minimum Gasteiger partial charge on any atom is -0.471 e. The molecule has 0 saturated heterocycles. The number of hydrogen-bond acceptors (Lipinski definition) is 4. The van der Waals surface area contributed by atoms with Crippen molar-refractivity contribution in [3.63, 3.8) is 0 Å². The summed E-state index contributed by atoms with van der Waals surface area (Å²) in [6, 6.07) is 10.8. The summed E-state index contributed by atoms with van der Waals surface area (Å²) in [5.41, 5.74) is 0.206. The van der Waals surface area contributed by atoms with Crippen LogP contribution < -0.4 is 10.3 Å². The minimum absolute atomic E-state index is 0.0514. The van der Waals surface area contributed by atoms with E-state index in [1.54, 1.807) is 24.3 Å². The van der Waals surface area contributed by atoms with Crippen LogP contribution in [0.1, 0.15) is 0 Å². The van der Waals surface area contributed by atoms with Gasteiger partial charge in [0.25, 0.3) is 5.56 Å². The van der Waals surface area contributed by atoms with Gasteiger partial charge in [-0.25, -0.2) is 4.39 Å². The first kappa shape index (κ1) is 13.5. The van der Waals surface area contributed by atoms with E-state index in [4.69, 9.17) is 16.3 Å². The van der Waals surface area contributed by atoms with Gasteiger partial charge in [-0.2, -0.15) is 4.68 Å². The Morgan fingerprint density at radius 1 is 1.24 bits per heavy atom. The fraction of sp³-hybridized carbons (Fsp3) is 0.0714. The highest BCUT2D eigenvalue weighted by molar-refractivity contribution is 6.30. The zero-order valence-electron chi connectivity index (χ0n) is 10.7. The van der Waals surface area contributed by atoms with Gasteiger partial charge in [-0.1, -0.05) is 28.9 Å².